The first kappa shape index (κ1) is 12.7. The van der Waals surface area contributed by atoms with E-state index < -0.39 is 0 Å². The lowest BCUT2D eigenvalue weighted by atomic mass is 10.2. The molecule has 2 rings (SSSR count). The van der Waals surface area contributed by atoms with E-state index in [4.69, 9.17) is 10.8 Å². The van der Waals surface area contributed by atoms with Crippen LogP contribution in [0.15, 0.2) is 22.7 Å². The van der Waals surface area contributed by atoms with E-state index >= 15 is 0 Å². The quantitative estimate of drug-likeness (QED) is 0.822. The topological polar surface area (TPSA) is 52.7 Å². The van der Waals surface area contributed by atoms with E-state index in [0.29, 0.717) is 0 Å². The van der Waals surface area contributed by atoms with Gasteiger partial charge < -0.3 is 15.7 Å². The molecule has 0 spiro atoms. The summed E-state index contributed by atoms with van der Waals surface area (Å²) in [6.07, 6.45) is 0. The predicted molar refractivity (Wildman–Crippen MR) is 74.3 cm³/mol. The van der Waals surface area contributed by atoms with Gasteiger partial charge in [0.2, 0.25) is 0 Å². The van der Waals surface area contributed by atoms with Gasteiger partial charge in [0.25, 0.3) is 0 Å². The molecule has 1 aromatic carbocycles. The third-order valence-corrected chi connectivity index (χ3v) is 3.61. The number of nitrogens with zero attached hydrogens (tertiary/aromatic N) is 2. The van der Waals surface area contributed by atoms with Gasteiger partial charge in [0.1, 0.15) is 0 Å². The molecule has 5 heteroatoms. The molecule has 1 heterocycles. The number of piperazine rings is 1. The maximum atomic E-state index is 8.90. The van der Waals surface area contributed by atoms with Gasteiger partial charge in [0.05, 0.1) is 18.0 Å². The van der Waals surface area contributed by atoms with E-state index in [1.807, 2.05) is 12.1 Å². The molecule has 17 heavy (non-hydrogen) atoms. The van der Waals surface area contributed by atoms with Crippen molar-refractivity contribution in [2.45, 2.75) is 0 Å². The van der Waals surface area contributed by atoms with E-state index in [-0.39, 0.29) is 6.61 Å². The van der Waals surface area contributed by atoms with Crippen LogP contribution in [0, 0.1) is 0 Å². The minimum absolute atomic E-state index is 0.237. The minimum Gasteiger partial charge on any atom is -0.397 e. The Morgan fingerprint density at radius 1 is 1.24 bits per heavy atom. The highest BCUT2D eigenvalue weighted by Gasteiger charge is 2.17. The van der Waals surface area contributed by atoms with Gasteiger partial charge in [-0.15, -0.1) is 0 Å². The van der Waals surface area contributed by atoms with Crippen LogP contribution in [0.1, 0.15) is 0 Å². The van der Waals surface area contributed by atoms with Gasteiger partial charge in [-0.05, 0) is 18.2 Å². The van der Waals surface area contributed by atoms with Gasteiger partial charge in [0, 0.05) is 37.2 Å². The predicted octanol–water partition coefficient (Wildman–Crippen LogP) is 1.15. The molecule has 0 bridgehead atoms. The summed E-state index contributed by atoms with van der Waals surface area (Å²) in [4.78, 5) is 4.57. The van der Waals surface area contributed by atoms with Crippen LogP contribution < -0.4 is 10.6 Å². The standard InChI is InChI=1S/C12H18BrN3O/c13-10-1-2-12(11(14)9-10)16-5-3-15(4-6-16)7-8-17/h1-2,9,17H,3-8,14H2. The number of nitrogens with two attached hydrogens (primary N) is 1. The first-order chi connectivity index (χ1) is 8.20. The molecule has 94 valence electrons. The maximum Gasteiger partial charge on any atom is 0.0601 e. The van der Waals surface area contributed by atoms with Crippen molar-refractivity contribution in [2.24, 2.45) is 0 Å². The Bertz CT molecular complexity index is 378. The van der Waals surface area contributed by atoms with Crippen molar-refractivity contribution >= 4 is 27.3 Å². The number of β-amino-alcohol motifs (C(OH)–C–C–N with tert-alkyl or cyclic N) is 1. The van der Waals surface area contributed by atoms with Crippen molar-refractivity contribution in [3.05, 3.63) is 22.7 Å². The second-order valence-corrected chi connectivity index (χ2v) is 5.17. The molecule has 0 amide bonds. The largest absolute Gasteiger partial charge is 0.397 e. The molecule has 0 aromatic heterocycles. The molecule has 0 atom stereocenters. The monoisotopic (exact) mass is 299 g/mol. The van der Waals surface area contributed by atoms with Crippen LogP contribution in [0.25, 0.3) is 0 Å². The molecule has 3 N–H and O–H groups in total. The Morgan fingerprint density at radius 3 is 2.53 bits per heavy atom. The van der Waals surface area contributed by atoms with Gasteiger partial charge in [0.15, 0.2) is 0 Å². The third kappa shape index (κ3) is 3.12. The van der Waals surface area contributed by atoms with E-state index in [2.05, 4.69) is 31.8 Å². The number of aliphatic hydroxyl groups is 1. The Hall–Kier alpha value is -0.780. The van der Waals surface area contributed by atoms with Crippen molar-refractivity contribution in [1.29, 1.82) is 0 Å². The van der Waals surface area contributed by atoms with Crippen molar-refractivity contribution in [3.8, 4) is 0 Å². The Labute approximate surface area is 110 Å². The normalized spacial score (nSPS) is 17.4. The van der Waals surface area contributed by atoms with E-state index in [9.17, 15) is 0 Å². The SMILES string of the molecule is Nc1cc(Br)ccc1N1CCN(CCO)CC1. The van der Waals surface area contributed by atoms with Crippen molar-refractivity contribution in [3.63, 3.8) is 0 Å². The molecule has 1 aromatic rings. The average molecular weight is 300 g/mol. The summed E-state index contributed by atoms with van der Waals surface area (Å²) >= 11 is 3.42. The summed E-state index contributed by atoms with van der Waals surface area (Å²) in [6, 6.07) is 6.02. The summed E-state index contributed by atoms with van der Waals surface area (Å²) in [7, 11) is 0. The van der Waals surface area contributed by atoms with Gasteiger partial charge >= 0.3 is 0 Å². The molecule has 1 aliphatic heterocycles. The molecule has 1 saturated heterocycles. The zero-order valence-electron chi connectivity index (χ0n) is 9.77. The number of nitrogen functional groups attached to an aromatic ring is 1. The Balaban J connectivity index is 2.00. The first-order valence-electron chi connectivity index (χ1n) is 5.84. The van der Waals surface area contributed by atoms with Crippen LogP contribution in [0.2, 0.25) is 0 Å². The fraction of sp³-hybridized carbons (Fsp3) is 0.500. The zero-order valence-corrected chi connectivity index (χ0v) is 11.4. The second-order valence-electron chi connectivity index (χ2n) is 4.26. The molecule has 0 radical (unpaired) electrons. The van der Waals surface area contributed by atoms with Crippen LogP contribution in [0.5, 0.6) is 0 Å². The number of hydrogen-bond acceptors (Lipinski definition) is 4. The lowest BCUT2D eigenvalue weighted by Gasteiger charge is -2.36. The molecule has 4 nitrogen and oxygen atoms in total. The fourth-order valence-electron chi connectivity index (χ4n) is 2.17. The van der Waals surface area contributed by atoms with Crippen LogP contribution >= 0.6 is 15.9 Å². The van der Waals surface area contributed by atoms with Crippen LogP contribution in [-0.4, -0.2) is 49.3 Å². The summed E-state index contributed by atoms with van der Waals surface area (Å²) < 4.78 is 1.01. The van der Waals surface area contributed by atoms with Crippen LogP contribution in [0.4, 0.5) is 11.4 Å². The highest BCUT2D eigenvalue weighted by Crippen LogP contribution is 2.27. The summed E-state index contributed by atoms with van der Waals surface area (Å²) in [5, 5.41) is 8.90. The van der Waals surface area contributed by atoms with Crippen LogP contribution in [-0.2, 0) is 0 Å². The van der Waals surface area contributed by atoms with Crippen molar-refractivity contribution in [2.75, 3.05) is 50.0 Å². The number of halogens is 1. The maximum absolute atomic E-state index is 8.90. The van der Waals surface area contributed by atoms with Crippen LogP contribution in [0.3, 0.4) is 0 Å². The van der Waals surface area contributed by atoms with Crippen molar-refractivity contribution in [1.82, 2.24) is 4.90 Å². The number of rotatable bonds is 3. The lowest BCUT2D eigenvalue weighted by Crippen LogP contribution is -2.47. The molecule has 0 saturated carbocycles. The second kappa shape index (κ2) is 5.71. The summed E-state index contributed by atoms with van der Waals surface area (Å²) in [5.41, 5.74) is 7.94. The Morgan fingerprint density at radius 2 is 1.94 bits per heavy atom. The molecular weight excluding hydrogens is 282 g/mol. The summed E-state index contributed by atoms with van der Waals surface area (Å²) in [5.74, 6) is 0. The Kier molecular flexibility index (Phi) is 4.25. The van der Waals surface area contributed by atoms with Gasteiger partial charge in [-0.25, -0.2) is 0 Å². The lowest BCUT2D eigenvalue weighted by molar-refractivity contribution is 0.189. The molecular formula is C12H18BrN3O. The third-order valence-electron chi connectivity index (χ3n) is 3.12. The number of aliphatic hydroxyl groups excluding tert-OH is 1. The highest BCUT2D eigenvalue weighted by atomic mass is 79.9. The van der Waals surface area contributed by atoms with Gasteiger partial charge in [-0.3, -0.25) is 4.90 Å². The van der Waals surface area contributed by atoms with Gasteiger partial charge in [-0.1, -0.05) is 15.9 Å². The van der Waals surface area contributed by atoms with E-state index in [1.165, 1.54) is 0 Å². The smallest absolute Gasteiger partial charge is 0.0601 e. The zero-order chi connectivity index (χ0) is 12.3. The first-order valence-corrected chi connectivity index (χ1v) is 6.63. The summed E-state index contributed by atoms with van der Waals surface area (Å²) in [6.45, 7) is 4.90. The highest BCUT2D eigenvalue weighted by molar-refractivity contribution is 9.10. The minimum atomic E-state index is 0.237. The number of benzene rings is 1. The van der Waals surface area contributed by atoms with Crippen molar-refractivity contribution < 1.29 is 5.11 Å². The average Bonchev–Trinajstić information content (AvgIpc) is 2.31. The molecule has 0 aliphatic carbocycles. The number of hydrogen-bond donors (Lipinski definition) is 2. The van der Waals surface area contributed by atoms with E-state index in [0.717, 1.165) is 48.6 Å². The number of anilines is 2. The fourth-order valence-corrected chi connectivity index (χ4v) is 2.55. The molecule has 1 fully saturated rings. The van der Waals surface area contributed by atoms with E-state index in [1.54, 1.807) is 0 Å². The van der Waals surface area contributed by atoms with Gasteiger partial charge in [-0.2, -0.15) is 0 Å². The molecule has 1 aliphatic rings. The molecule has 0 unspecified atom stereocenters.